The van der Waals surface area contributed by atoms with E-state index in [1.165, 1.54) is 0 Å². The molecule has 0 N–H and O–H groups in total. The number of terminal acetylenes is 1. The average Bonchev–Trinajstić information content (AvgIpc) is 3.41. The number of imide groups is 2. The molecule has 0 aliphatic carbocycles. The third-order valence-electron chi connectivity index (χ3n) is 6.78. The fourth-order valence-corrected chi connectivity index (χ4v) is 8.29. The maximum absolute atomic E-state index is 13.1. The van der Waals surface area contributed by atoms with Gasteiger partial charge in [-0.2, -0.15) is 0 Å². The SMILES string of the molecule is C#CCCC1(C)OCC(CS(=O)(=O)CCC(=O)ON2C(=O)CCC2=O)(CS(=O)(=O)CCC(=O)ON2C(=O)CCC2=O)CO1. The van der Waals surface area contributed by atoms with Gasteiger partial charge in [0, 0.05) is 43.9 Å². The molecule has 0 bridgehead atoms. The van der Waals surface area contributed by atoms with Gasteiger partial charge in [-0.1, -0.05) is 0 Å². The van der Waals surface area contributed by atoms with Crippen molar-refractivity contribution in [2.75, 3.05) is 36.2 Å². The molecule has 0 radical (unpaired) electrons. The molecule has 0 aromatic rings. The molecule has 3 rings (SSSR count). The topological polar surface area (TPSA) is 214 Å². The van der Waals surface area contributed by atoms with Gasteiger partial charge in [-0.15, -0.1) is 22.5 Å². The lowest BCUT2D eigenvalue weighted by Crippen LogP contribution is -2.54. The van der Waals surface area contributed by atoms with Crippen LogP contribution in [-0.4, -0.2) is 105 Å². The van der Waals surface area contributed by atoms with Crippen LogP contribution in [0.25, 0.3) is 0 Å². The summed E-state index contributed by atoms with van der Waals surface area (Å²) in [5.41, 5.74) is -1.66. The molecule has 3 aliphatic rings. The second-order valence-corrected chi connectivity index (χ2v) is 15.1. The number of hydrogen-bond acceptors (Lipinski definition) is 14. The predicted octanol–water partition coefficient (Wildman–Crippen LogP) is -1.03. The van der Waals surface area contributed by atoms with Crippen LogP contribution >= 0.6 is 0 Å². The van der Waals surface area contributed by atoms with Crippen molar-refractivity contribution >= 4 is 55.2 Å². The highest BCUT2D eigenvalue weighted by Crippen LogP contribution is 2.35. The van der Waals surface area contributed by atoms with E-state index in [9.17, 15) is 45.6 Å². The van der Waals surface area contributed by atoms with E-state index in [0.717, 1.165) is 0 Å². The molecular weight excluding hydrogens is 616 g/mol. The van der Waals surface area contributed by atoms with Crippen LogP contribution in [0.5, 0.6) is 0 Å². The van der Waals surface area contributed by atoms with Crippen LogP contribution < -0.4 is 0 Å². The van der Waals surface area contributed by atoms with Crippen molar-refractivity contribution in [2.45, 2.75) is 64.1 Å². The van der Waals surface area contributed by atoms with Gasteiger partial charge < -0.3 is 19.1 Å². The Morgan fingerprint density at radius 1 is 0.791 bits per heavy atom. The van der Waals surface area contributed by atoms with Crippen molar-refractivity contribution in [1.82, 2.24) is 10.1 Å². The first kappa shape index (κ1) is 34.1. The lowest BCUT2D eigenvalue weighted by Gasteiger charge is -2.44. The number of amides is 4. The van der Waals surface area contributed by atoms with Gasteiger partial charge in [-0.3, -0.25) is 19.2 Å². The molecule has 43 heavy (non-hydrogen) atoms. The Balaban J connectivity index is 1.67. The van der Waals surface area contributed by atoms with Gasteiger partial charge in [0.2, 0.25) is 0 Å². The Kier molecular flexibility index (Phi) is 10.7. The Labute approximate surface area is 248 Å². The van der Waals surface area contributed by atoms with Gasteiger partial charge in [0.1, 0.15) is 0 Å². The fraction of sp³-hybridized carbons (Fsp3) is 0.680. The molecule has 4 amide bonds. The van der Waals surface area contributed by atoms with Crippen molar-refractivity contribution in [3.63, 3.8) is 0 Å². The van der Waals surface area contributed by atoms with Gasteiger partial charge >= 0.3 is 11.9 Å². The first-order valence-electron chi connectivity index (χ1n) is 13.2. The number of hydroxylamine groups is 4. The highest BCUT2D eigenvalue weighted by atomic mass is 32.2. The summed E-state index contributed by atoms with van der Waals surface area (Å²) < 4.78 is 63.8. The van der Waals surface area contributed by atoms with Crippen LogP contribution in [-0.2, 0) is 67.6 Å². The summed E-state index contributed by atoms with van der Waals surface area (Å²) in [5.74, 6) is -7.27. The van der Waals surface area contributed by atoms with E-state index in [1.54, 1.807) is 6.92 Å². The van der Waals surface area contributed by atoms with Crippen molar-refractivity contribution in [3.05, 3.63) is 0 Å². The number of sulfone groups is 2. The number of carbonyl (C=O) groups excluding carboxylic acids is 6. The summed E-state index contributed by atoms with van der Waals surface area (Å²) in [6.45, 7) is 0.773. The van der Waals surface area contributed by atoms with Gasteiger partial charge in [-0.25, -0.2) is 26.4 Å². The Bertz CT molecular complexity index is 1300. The quantitative estimate of drug-likeness (QED) is 0.163. The maximum atomic E-state index is 13.1. The zero-order chi connectivity index (χ0) is 32.1. The van der Waals surface area contributed by atoms with Crippen molar-refractivity contribution in [1.29, 1.82) is 0 Å². The molecule has 3 aliphatic heterocycles. The van der Waals surface area contributed by atoms with Gasteiger partial charge in [0.05, 0.1) is 49.1 Å². The standard InChI is InChI=1S/C25H32N2O14S2/c1-3-4-11-24(2)38-14-25(15-39-24,16-42(34,35)12-9-22(32)40-26-18(28)5-6-19(26)29)17-43(36,37)13-10-23(33)41-27-20(30)7-8-21(27)31/h1H,4-17H2,2H3. The largest absolute Gasteiger partial charge is 0.349 e. The molecule has 0 aromatic carbocycles. The first-order valence-corrected chi connectivity index (χ1v) is 16.9. The Hall–Kier alpha value is -3.40. The third kappa shape index (κ3) is 9.55. The smallest absolute Gasteiger partial charge is 0.334 e. The lowest BCUT2D eigenvalue weighted by molar-refractivity contribution is -0.289. The second-order valence-electron chi connectivity index (χ2n) is 10.7. The second kappa shape index (κ2) is 13.5. The zero-order valence-corrected chi connectivity index (χ0v) is 25.0. The number of ether oxygens (including phenoxy) is 2. The summed E-state index contributed by atoms with van der Waals surface area (Å²) in [6, 6.07) is 0. The molecule has 3 heterocycles. The van der Waals surface area contributed by atoms with Crippen LogP contribution in [0.4, 0.5) is 0 Å². The van der Waals surface area contributed by atoms with E-state index >= 15 is 0 Å². The molecule has 0 unspecified atom stereocenters. The minimum absolute atomic E-state index is 0.145. The monoisotopic (exact) mass is 648 g/mol. The summed E-state index contributed by atoms with van der Waals surface area (Å²) in [4.78, 5) is 80.2. The Morgan fingerprint density at radius 3 is 1.51 bits per heavy atom. The molecule has 3 saturated heterocycles. The Morgan fingerprint density at radius 2 is 1.16 bits per heavy atom. The molecule has 0 spiro atoms. The normalized spacial score (nSPS) is 20.3. The van der Waals surface area contributed by atoms with Crippen molar-refractivity contribution in [2.24, 2.45) is 5.41 Å². The third-order valence-corrected chi connectivity index (χ3v) is 10.5. The number of hydrogen-bond donors (Lipinski definition) is 0. The molecule has 0 saturated carbocycles. The van der Waals surface area contributed by atoms with E-state index in [1.807, 2.05) is 0 Å². The summed E-state index contributed by atoms with van der Waals surface area (Å²) in [7, 11) is -8.40. The predicted molar refractivity (Wildman–Crippen MR) is 142 cm³/mol. The number of nitrogens with zero attached hydrogens (tertiary/aromatic N) is 2. The molecule has 0 atom stereocenters. The van der Waals surface area contributed by atoms with E-state index in [2.05, 4.69) is 15.6 Å². The molecule has 0 aromatic heterocycles. The van der Waals surface area contributed by atoms with Crippen LogP contribution in [0.1, 0.15) is 58.3 Å². The molecule has 238 valence electrons. The summed E-state index contributed by atoms with van der Waals surface area (Å²) in [5, 5.41) is 0.562. The van der Waals surface area contributed by atoms with Crippen LogP contribution in [0, 0.1) is 17.8 Å². The minimum atomic E-state index is -4.20. The lowest BCUT2D eigenvalue weighted by atomic mass is 9.93. The maximum Gasteiger partial charge on any atom is 0.334 e. The highest BCUT2D eigenvalue weighted by molar-refractivity contribution is 7.92. The zero-order valence-electron chi connectivity index (χ0n) is 23.4. The highest BCUT2D eigenvalue weighted by Gasteiger charge is 2.47. The van der Waals surface area contributed by atoms with Crippen LogP contribution in [0.3, 0.4) is 0 Å². The van der Waals surface area contributed by atoms with Gasteiger partial charge in [-0.05, 0) is 6.92 Å². The molecule has 18 heteroatoms. The average molecular weight is 649 g/mol. The number of carbonyl (C=O) groups is 6. The molecule has 16 nitrogen and oxygen atoms in total. The van der Waals surface area contributed by atoms with E-state index in [-0.39, 0.29) is 48.7 Å². The first-order chi connectivity index (χ1) is 20.0. The van der Waals surface area contributed by atoms with Crippen molar-refractivity contribution in [3.8, 4) is 12.3 Å². The van der Waals surface area contributed by atoms with E-state index in [4.69, 9.17) is 15.9 Å². The van der Waals surface area contributed by atoms with Gasteiger partial charge in [0.15, 0.2) is 25.5 Å². The molecular formula is C25H32N2O14S2. The van der Waals surface area contributed by atoms with E-state index in [0.29, 0.717) is 0 Å². The minimum Gasteiger partial charge on any atom is -0.349 e. The van der Waals surface area contributed by atoms with Gasteiger partial charge in [0.25, 0.3) is 23.6 Å². The fourth-order valence-electron chi connectivity index (χ4n) is 4.51. The van der Waals surface area contributed by atoms with E-state index < -0.39 is 116 Å². The van der Waals surface area contributed by atoms with Crippen LogP contribution in [0.2, 0.25) is 0 Å². The molecule has 3 fully saturated rings. The summed E-state index contributed by atoms with van der Waals surface area (Å²) >= 11 is 0. The number of rotatable bonds is 14. The summed E-state index contributed by atoms with van der Waals surface area (Å²) in [6.07, 6.45) is 3.75. The van der Waals surface area contributed by atoms with Crippen LogP contribution in [0.15, 0.2) is 0 Å². The van der Waals surface area contributed by atoms with Crippen molar-refractivity contribution < 1.29 is 64.8 Å².